The molecular weight excluding hydrogens is 538 g/mol. The van der Waals surface area contributed by atoms with Gasteiger partial charge in [0.15, 0.2) is 0 Å². The standard InChI is InChI=1S/C30H29ClF2N4O3/c31-24-10-4-1-7-21(24)27-19-28(22-8-2-5-11-25(22)32)37(34-27)29(38)20-36(14-13-35-15-17-40-18-16-35)30(39)23-9-3-6-12-26(23)33/h1-12,28H,13-20H2/t28-/m1/s1. The van der Waals surface area contributed by atoms with E-state index in [0.29, 0.717) is 54.7 Å². The number of rotatable bonds is 8. The van der Waals surface area contributed by atoms with Crippen molar-refractivity contribution < 1.29 is 23.1 Å². The molecule has 208 valence electrons. The summed E-state index contributed by atoms with van der Waals surface area (Å²) in [7, 11) is 0. The van der Waals surface area contributed by atoms with Crippen LogP contribution in [-0.4, -0.2) is 78.3 Å². The van der Waals surface area contributed by atoms with Crippen molar-refractivity contribution in [2.75, 3.05) is 45.9 Å². The van der Waals surface area contributed by atoms with Gasteiger partial charge in [-0.3, -0.25) is 14.5 Å². The number of amides is 2. The van der Waals surface area contributed by atoms with Crippen LogP contribution in [0.3, 0.4) is 0 Å². The van der Waals surface area contributed by atoms with Crippen LogP contribution < -0.4 is 0 Å². The molecule has 1 atom stereocenters. The van der Waals surface area contributed by atoms with Gasteiger partial charge >= 0.3 is 0 Å². The number of nitrogens with zero attached hydrogens (tertiary/aromatic N) is 4. The van der Waals surface area contributed by atoms with E-state index in [1.165, 1.54) is 34.2 Å². The normalized spacial score (nSPS) is 17.5. The molecule has 0 unspecified atom stereocenters. The summed E-state index contributed by atoms with van der Waals surface area (Å²) in [5.41, 5.74) is 1.37. The quantitative estimate of drug-likeness (QED) is 0.394. The number of benzene rings is 3. The Balaban J connectivity index is 1.44. The Labute approximate surface area is 236 Å². The van der Waals surface area contributed by atoms with Crippen LogP contribution in [-0.2, 0) is 9.53 Å². The molecule has 10 heteroatoms. The second-order valence-corrected chi connectivity index (χ2v) is 10.1. The summed E-state index contributed by atoms with van der Waals surface area (Å²) < 4.78 is 34.9. The first kappa shape index (κ1) is 27.9. The van der Waals surface area contributed by atoms with Crippen LogP contribution in [0.4, 0.5) is 8.78 Å². The number of carbonyl (C=O) groups excluding carboxylic acids is 2. The van der Waals surface area contributed by atoms with Crippen molar-refractivity contribution in [3.63, 3.8) is 0 Å². The van der Waals surface area contributed by atoms with Crippen molar-refractivity contribution in [1.29, 1.82) is 0 Å². The third-order valence-corrected chi connectivity index (χ3v) is 7.45. The van der Waals surface area contributed by atoms with E-state index in [9.17, 15) is 18.4 Å². The van der Waals surface area contributed by atoms with Crippen LogP contribution in [0.25, 0.3) is 0 Å². The molecule has 3 aromatic rings. The molecule has 0 spiro atoms. The van der Waals surface area contributed by atoms with Crippen molar-refractivity contribution in [1.82, 2.24) is 14.8 Å². The minimum Gasteiger partial charge on any atom is -0.379 e. The van der Waals surface area contributed by atoms with E-state index < -0.39 is 29.5 Å². The predicted octanol–water partition coefficient (Wildman–Crippen LogP) is 4.77. The van der Waals surface area contributed by atoms with Gasteiger partial charge in [0.1, 0.15) is 18.2 Å². The third kappa shape index (κ3) is 6.22. The molecule has 2 amide bonds. The van der Waals surface area contributed by atoms with E-state index >= 15 is 0 Å². The van der Waals surface area contributed by atoms with Crippen LogP contribution >= 0.6 is 11.6 Å². The second kappa shape index (κ2) is 12.7. The van der Waals surface area contributed by atoms with Crippen molar-refractivity contribution in [3.05, 3.63) is 106 Å². The number of carbonyl (C=O) groups is 2. The SMILES string of the molecule is O=C(c1ccccc1F)N(CCN1CCOCC1)CC(=O)N1N=C(c2ccccc2Cl)C[C@@H]1c1ccccc1F. The van der Waals surface area contributed by atoms with Crippen molar-refractivity contribution in [2.45, 2.75) is 12.5 Å². The molecule has 1 fully saturated rings. The molecule has 0 bridgehead atoms. The van der Waals surface area contributed by atoms with E-state index in [1.54, 1.807) is 42.5 Å². The highest BCUT2D eigenvalue weighted by Crippen LogP contribution is 2.35. The number of halogens is 3. The molecule has 0 saturated carbocycles. The molecule has 7 nitrogen and oxygen atoms in total. The van der Waals surface area contributed by atoms with Gasteiger partial charge in [0.05, 0.1) is 30.5 Å². The van der Waals surface area contributed by atoms with E-state index in [4.69, 9.17) is 16.3 Å². The number of hydrazone groups is 1. The minimum absolute atomic E-state index is 0.121. The highest BCUT2D eigenvalue weighted by atomic mass is 35.5. The van der Waals surface area contributed by atoms with Crippen molar-refractivity contribution in [3.8, 4) is 0 Å². The molecule has 2 heterocycles. The molecule has 2 aliphatic heterocycles. The predicted molar refractivity (Wildman–Crippen MR) is 148 cm³/mol. The maximum absolute atomic E-state index is 14.9. The van der Waals surface area contributed by atoms with E-state index in [-0.39, 0.29) is 25.1 Å². The monoisotopic (exact) mass is 566 g/mol. The van der Waals surface area contributed by atoms with Gasteiger partial charge < -0.3 is 9.64 Å². The first-order chi connectivity index (χ1) is 19.4. The smallest absolute Gasteiger partial charge is 0.262 e. The number of hydrogen-bond donors (Lipinski definition) is 0. The summed E-state index contributed by atoms with van der Waals surface area (Å²) in [4.78, 5) is 30.8. The van der Waals surface area contributed by atoms with Gasteiger partial charge in [0.25, 0.3) is 11.8 Å². The Morgan fingerprint density at radius 2 is 1.62 bits per heavy atom. The molecule has 0 aliphatic carbocycles. The van der Waals surface area contributed by atoms with Gasteiger partial charge in [0, 0.05) is 48.7 Å². The molecular formula is C30H29ClF2N4O3. The zero-order chi connectivity index (χ0) is 28.1. The van der Waals surface area contributed by atoms with E-state index in [1.807, 2.05) is 6.07 Å². The van der Waals surface area contributed by atoms with Gasteiger partial charge in [0.2, 0.25) is 0 Å². The molecule has 2 aliphatic rings. The third-order valence-electron chi connectivity index (χ3n) is 7.12. The molecule has 1 saturated heterocycles. The minimum atomic E-state index is -0.732. The van der Waals surface area contributed by atoms with Gasteiger partial charge in [-0.2, -0.15) is 5.10 Å². The second-order valence-electron chi connectivity index (χ2n) is 9.67. The van der Waals surface area contributed by atoms with E-state index in [0.717, 1.165) is 0 Å². The maximum Gasteiger partial charge on any atom is 0.262 e. The summed E-state index contributed by atoms with van der Waals surface area (Å²) >= 11 is 6.42. The summed E-state index contributed by atoms with van der Waals surface area (Å²) in [6.45, 7) is 2.88. The number of hydrogen-bond acceptors (Lipinski definition) is 5. The lowest BCUT2D eigenvalue weighted by atomic mass is 9.98. The topological polar surface area (TPSA) is 65.5 Å². The molecule has 3 aromatic carbocycles. The zero-order valence-electron chi connectivity index (χ0n) is 21.8. The Morgan fingerprint density at radius 1 is 0.950 bits per heavy atom. The molecule has 0 aromatic heterocycles. The molecule has 0 N–H and O–H groups in total. The largest absolute Gasteiger partial charge is 0.379 e. The Kier molecular flexibility index (Phi) is 8.84. The first-order valence-electron chi connectivity index (χ1n) is 13.1. The van der Waals surface area contributed by atoms with Crippen molar-refractivity contribution >= 4 is 29.1 Å². The average molecular weight is 567 g/mol. The van der Waals surface area contributed by atoms with Crippen LogP contribution in [0.15, 0.2) is 77.9 Å². The van der Waals surface area contributed by atoms with Crippen LogP contribution in [0, 0.1) is 11.6 Å². The molecule has 5 rings (SSSR count). The van der Waals surface area contributed by atoms with Crippen LogP contribution in [0.5, 0.6) is 0 Å². The lowest BCUT2D eigenvalue weighted by Crippen LogP contribution is -2.46. The lowest BCUT2D eigenvalue weighted by molar-refractivity contribution is -0.133. The summed E-state index contributed by atoms with van der Waals surface area (Å²) in [6.07, 6.45) is 0.242. The first-order valence-corrected chi connectivity index (χ1v) is 13.5. The van der Waals surface area contributed by atoms with Gasteiger partial charge in [-0.1, -0.05) is 60.1 Å². The van der Waals surface area contributed by atoms with Crippen LogP contribution in [0.1, 0.15) is 33.9 Å². The van der Waals surface area contributed by atoms with Gasteiger partial charge in [-0.15, -0.1) is 0 Å². The average Bonchev–Trinajstić information content (AvgIpc) is 3.41. The molecule has 40 heavy (non-hydrogen) atoms. The summed E-state index contributed by atoms with van der Waals surface area (Å²) in [5, 5.41) is 6.27. The fourth-order valence-electron chi connectivity index (χ4n) is 4.97. The van der Waals surface area contributed by atoms with Crippen LogP contribution in [0.2, 0.25) is 5.02 Å². The number of ether oxygens (including phenoxy) is 1. The zero-order valence-corrected chi connectivity index (χ0v) is 22.6. The number of morpholine rings is 1. The van der Waals surface area contributed by atoms with Gasteiger partial charge in [-0.05, 0) is 24.3 Å². The van der Waals surface area contributed by atoms with Gasteiger partial charge in [-0.25, -0.2) is 13.8 Å². The van der Waals surface area contributed by atoms with Crippen molar-refractivity contribution in [2.24, 2.45) is 5.10 Å². The Morgan fingerprint density at radius 3 is 2.35 bits per heavy atom. The Bertz CT molecular complexity index is 1410. The Hall–Kier alpha value is -3.66. The fourth-order valence-corrected chi connectivity index (χ4v) is 5.21. The van der Waals surface area contributed by atoms with E-state index in [2.05, 4.69) is 10.0 Å². The fraction of sp³-hybridized carbons (Fsp3) is 0.300. The summed E-state index contributed by atoms with van der Waals surface area (Å²) in [6, 6.07) is 18.3. The maximum atomic E-state index is 14.9. The lowest BCUT2D eigenvalue weighted by Gasteiger charge is -2.31. The molecule has 0 radical (unpaired) electrons. The highest BCUT2D eigenvalue weighted by molar-refractivity contribution is 6.34. The highest BCUT2D eigenvalue weighted by Gasteiger charge is 2.36. The summed E-state index contributed by atoms with van der Waals surface area (Å²) in [5.74, 6) is -2.24.